The van der Waals surface area contributed by atoms with E-state index in [4.69, 9.17) is 9.15 Å². The van der Waals surface area contributed by atoms with Crippen molar-refractivity contribution in [3.05, 3.63) is 64.0 Å². The molecule has 0 radical (unpaired) electrons. The van der Waals surface area contributed by atoms with Crippen LogP contribution in [0, 0.1) is 26.7 Å². The first-order valence-corrected chi connectivity index (χ1v) is 13.1. The van der Waals surface area contributed by atoms with Crippen LogP contribution >= 0.6 is 0 Å². The SMILES string of the molecule is Cc1cc2c(cc1Oc1ccc(C(=O)NNc3cc(C)c4c(n3)c(C)nn4C)o1)C(C)(C)CC(C)C2(C)C. The van der Waals surface area contributed by atoms with Crippen LogP contribution < -0.4 is 15.6 Å². The van der Waals surface area contributed by atoms with Crippen molar-refractivity contribution < 1.29 is 13.9 Å². The van der Waals surface area contributed by atoms with E-state index in [1.807, 2.05) is 38.6 Å². The lowest BCUT2D eigenvalue weighted by Crippen LogP contribution is -2.40. The van der Waals surface area contributed by atoms with Crippen LogP contribution in [-0.2, 0) is 17.9 Å². The van der Waals surface area contributed by atoms with Crippen LogP contribution in [0.15, 0.2) is 34.7 Å². The molecule has 0 bridgehead atoms. The Bertz CT molecular complexity index is 1560. The summed E-state index contributed by atoms with van der Waals surface area (Å²) in [6.07, 6.45) is 1.11. The molecule has 3 aromatic heterocycles. The number of furan rings is 1. The average molecular weight is 516 g/mol. The maximum Gasteiger partial charge on any atom is 0.305 e. The molecule has 2 N–H and O–H groups in total. The number of ether oxygens (including phenoxy) is 1. The number of rotatable bonds is 5. The van der Waals surface area contributed by atoms with Crippen molar-refractivity contribution in [3.63, 3.8) is 0 Å². The number of carbonyl (C=O) groups is 1. The minimum absolute atomic E-state index is 0.0414. The molecule has 1 unspecified atom stereocenters. The van der Waals surface area contributed by atoms with Crippen LogP contribution in [0.4, 0.5) is 5.82 Å². The van der Waals surface area contributed by atoms with E-state index in [9.17, 15) is 4.79 Å². The van der Waals surface area contributed by atoms with Crippen LogP contribution in [0.2, 0.25) is 0 Å². The van der Waals surface area contributed by atoms with Crippen LogP contribution in [0.3, 0.4) is 0 Å². The van der Waals surface area contributed by atoms with Gasteiger partial charge in [-0.3, -0.25) is 20.3 Å². The minimum atomic E-state index is -0.429. The Hall–Kier alpha value is -3.81. The predicted molar refractivity (Wildman–Crippen MR) is 149 cm³/mol. The summed E-state index contributed by atoms with van der Waals surface area (Å²) < 4.78 is 13.7. The smallest absolute Gasteiger partial charge is 0.305 e. The Balaban J connectivity index is 1.32. The summed E-state index contributed by atoms with van der Waals surface area (Å²) >= 11 is 0. The predicted octanol–water partition coefficient (Wildman–Crippen LogP) is 6.63. The lowest BCUT2D eigenvalue weighted by molar-refractivity contribution is 0.0930. The van der Waals surface area contributed by atoms with Crippen molar-refractivity contribution in [2.75, 3.05) is 5.43 Å². The Morgan fingerprint density at radius 2 is 1.82 bits per heavy atom. The third-order valence-corrected chi connectivity index (χ3v) is 8.26. The van der Waals surface area contributed by atoms with Gasteiger partial charge in [0.1, 0.15) is 17.1 Å². The molecule has 8 heteroatoms. The molecule has 38 heavy (non-hydrogen) atoms. The molecule has 0 fully saturated rings. The number of fused-ring (bicyclic) bond motifs is 2. The van der Waals surface area contributed by atoms with Gasteiger partial charge in [-0.15, -0.1) is 0 Å². The van der Waals surface area contributed by atoms with Crippen LogP contribution in [0.5, 0.6) is 11.7 Å². The van der Waals surface area contributed by atoms with Crippen molar-refractivity contribution in [1.82, 2.24) is 20.2 Å². The number of nitrogens with one attached hydrogen (secondary N) is 2. The van der Waals surface area contributed by atoms with Gasteiger partial charge in [-0.2, -0.15) is 5.10 Å². The molecule has 0 saturated carbocycles. The average Bonchev–Trinajstić information content (AvgIpc) is 3.41. The van der Waals surface area contributed by atoms with Crippen molar-refractivity contribution in [1.29, 1.82) is 0 Å². The highest BCUT2D eigenvalue weighted by molar-refractivity contribution is 5.92. The fraction of sp³-hybridized carbons (Fsp3) is 0.433. The van der Waals surface area contributed by atoms with Gasteiger partial charge in [-0.05, 0) is 84.4 Å². The van der Waals surface area contributed by atoms with E-state index in [1.165, 1.54) is 11.1 Å². The summed E-state index contributed by atoms with van der Waals surface area (Å²) in [5, 5.41) is 4.43. The second kappa shape index (κ2) is 8.89. The van der Waals surface area contributed by atoms with E-state index in [2.05, 4.69) is 67.7 Å². The molecule has 200 valence electrons. The Morgan fingerprint density at radius 1 is 1.08 bits per heavy atom. The largest absolute Gasteiger partial charge is 0.426 e. The van der Waals surface area contributed by atoms with E-state index < -0.39 is 5.91 Å². The monoisotopic (exact) mass is 515 g/mol. The maximum absolute atomic E-state index is 12.8. The number of hydrogen-bond donors (Lipinski definition) is 2. The van der Waals surface area contributed by atoms with E-state index >= 15 is 0 Å². The van der Waals surface area contributed by atoms with Crippen molar-refractivity contribution >= 4 is 22.8 Å². The first-order valence-electron chi connectivity index (χ1n) is 13.1. The molecule has 0 aliphatic heterocycles. The van der Waals surface area contributed by atoms with Crippen molar-refractivity contribution in [2.24, 2.45) is 13.0 Å². The standard InChI is InChI=1S/C30H37N5O3/c1-16-12-21-20(29(5,6)15-18(3)30(21,7)8)14-23(16)38-25-11-10-22(37-25)28(36)33-32-24-13-17(2)27-26(31-24)19(4)34-35(27)9/h10-14,18H,15H2,1-9H3,(H,31,32)(H,33,36). The van der Waals surface area contributed by atoms with Crippen LogP contribution in [0.25, 0.3) is 11.0 Å². The summed E-state index contributed by atoms with van der Waals surface area (Å²) in [6, 6.07) is 9.52. The van der Waals surface area contributed by atoms with Gasteiger partial charge < -0.3 is 9.15 Å². The minimum Gasteiger partial charge on any atom is -0.426 e. The summed E-state index contributed by atoms with van der Waals surface area (Å²) in [5.74, 6) is 1.80. The Morgan fingerprint density at radius 3 is 2.55 bits per heavy atom. The van der Waals surface area contributed by atoms with E-state index in [0.29, 0.717) is 11.7 Å². The van der Waals surface area contributed by atoms with Gasteiger partial charge in [0.15, 0.2) is 5.76 Å². The number of amides is 1. The van der Waals surface area contributed by atoms with Gasteiger partial charge >= 0.3 is 5.91 Å². The zero-order valence-electron chi connectivity index (χ0n) is 23.7. The fourth-order valence-corrected chi connectivity index (χ4v) is 5.79. The summed E-state index contributed by atoms with van der Waals surface area (Å²) in [5.41, 5.74) is 13.0. The van der Waals surface area contributed by atoms with E-state index in [-0.39, 0.29) is 22.5 Å². The molecule has 8 nitrogen and oxygen atoms in total. The van der Waals surface area contributed by atoms with Gasteiger partial charge in [-0.1, -0.05) is 40.7 Å². The number of anilines is 1. The summed E-state index contributed by atoms with van der Waals surface area (Å²) in [6.45, 7) is 17.5. The lowest BCUT2D eigenvalue weighted by atomic mass is 9.58. The van der Waals surface area contributed by atoms with Gasteiger partial charge in [0.25, 0.3) is 5.95 Å². The highest BCUT2D eigenvalue weighted by Crippen LogP contribution is 2.50. The molecule has 0 spiro atoms. The fourth-order valence-electron chi connectivity index (χ4n) is 5.79. The number of aromatic nitrogens is 3. The number of carbonyl (C=O) groups excluding carboxylic acids is 1. The third kappa shape index (κ3) is 4.31. The Kier molecular flexibility index (Phi) is 6.04. The van der Waals surface area contributed by atoms with Gasteiger partial charge in [0.2, 0.25) is 0 Å². The quantitative estimate of drug-likeness (QED) is 0.290. The molecule has 1 aliphatic rings. The summed E-state index contributed by atoms with van der Waals surface area (Å²) in [7, 11) is 1.89. The van der Waals surface area contributed by atoms with Gasteiger partial charge in [-0.25, -0.2) is 4.98 Å². The first kappa shape index (κ1) is 25.8. The maximum atomic E-state index is 12.8. The normalized spacial score (nSPS) is 17.8. The van der Waals surface area contributed by atoms with Crippen molar-refractivity contribution in [3.8, 4) is 11.7 Å². The third-order valence-electron chi connectivity index (χ3n) is 8.26. The molecular weight excluding hydrogens is 478 g/mol. The van der Waals surface area contributed by atoms with Crippen LogP contribution in [0.1, 0.15) is 79.5 Å². The van der Waals surface area contributed by atoms with E-state index in [1.54, 1.807) is 12.1 Å². The zero-order chi connectivity index (χ0) is 27.6. The number of nitrogens with zero attached hydrogens (tertiary/aromatic N) is 3. The Labute approximate surface area is 223 Å². The molecule has 5 rings (SSSR count). The summed E-state index contributed by atoms with van der Waals surface area (Å²) in [4.78, 5) is 17.4. The van der Waals surface area contributed by atoms with E-state index in [0.717, 1.165) is 40.0 Å². The molecule has 1 aliphatic carbocycles. The molecule has 4 aromatic rings. The lowest BCUT2D eigenvalue weighted by Gasteiger charge is -2.46. The molecule has 0 saturated heterocycles. The molecule has 1 aromatic carbocycles. The molecule has 1 amide bonds. The molecule has 1 atom stereocenters. The van der Waals surface area contributed by atoms with Gasteiger partial charge in [0, 0.05) is 13.1 Å². The topological polar surface area (TPSA) is 94.2 Å². The first-order chi connectivity index (χ1) is 17.8. The second-order valence-electron chi connectivity index (χ2n) is 11.9. The van der Waals surface area contributed by atoms with Gasteiger partial charge in [0.05, 0.1) is 11.2 Å². The zero-order valence-corrected chi connectivity index (χ0v) is 23.7. The molecular formula is C30H37N5O3. The number of pyridine rings is 1. The number of hydrogen-bond acceptors (Lipinski definition) is 6. The number of benzene rings is 1. The number of aryl methyl sites for hydroxylation is 4. The molecule has 3 heterocycles. The van der Waals surface area contributed by atoms with Crippen molar-refractivity contribution in [2.45, 2.75) is 72.6 Å². The highest BCUT2D eigenvalue weighted by atomic mass is 16.6. The number of hydrazine groups is 1. The van der Waals surface area contributed by atoms with Crippen LogP contribution in [-0.4, -0.2) is 20.7 Å². The second-order valence-corrected chi connectivity index (χ2v) is 11.9. The highest BCUT2D eigenvalue weighted by Gasteiger charge is 2.42.